The van der Waals surface area contributed by atoms with Crippen LogP contribution >= 0.6 is 0 Å². The summed E-state index contributed by atoms with van der Waals surface area (Å²) >= 11 is 0. The molecule has 0 aromatic heterocycles. The maximum atomic E-state index is 12.8. The van der Waals surface area contributed by atoms with Gasteiger partial charge >= 0.3 is 6.18 Å². The molecule has 2 rings (SSSR count). The number of likely N-dealkylation sites (tertiary alicyclic amines) is 1. The van der Waals surface area contributed by atoms with Crippen LogP contribution in [-0.2, 0) is 0 Å². The largest absolute Gasteiger partial charge is 0.391 e. The number of halogens is 3. The molecule has 1 aliphatic heterocycles. The van der Waals surface area contributed by atoms with Crippen LogP contribution < -0.4 is 5.32 Å². The smallest absolute Gasteiger partial charge is 0.315 e. The van der Waals surface area contributed by atoms with E-state index in [-0.39, 0.29) is 12.8 Å². The minimum absolute atomic E-state index is 0.263. The highest BCUT2D eigenvalue weighted by molar-refractivity contribution is 4.95. The van der Waals surface area contributed by atoms with E-state index >= 15 is 0 Å². The highest BCUT2D eigenvalue weighted by Gasteiger charge is 2.44. The van der Waals surface area contributed by atoms with Crippen molar-refractivity contribution in [1.29, 1.82) is 0 Å². The Morgan fingerprint density at radius 2 is 1.65 bits per heavy atom. The van der Waals surface area contributed by atoms with Crippen molar-refractivity contribution in [2.45, 2.75) is 57.8 Å². The number of alkyl halides is 3. The SMILES string of the molecule is CNC1CC(C)CC(C)C1N1CCC(C(F)(F)F)CC1. The van der Waals surface area contributed by atoms with Crippen LogP contribution in [-0.4, -0.2) is 43.3 Å². The first-order valence-electron chi connectivity index (χ1n) is 7.81. The number of nitrogens with zero attached hydrogens (tertiary/aromatic N) is 1. The second-order valence-corrected chi connectivity index (χ2v) is 6.79. The van der Waals surface area contributed by atoms with Gasteiger partial charge in [-0.2, -0.15) is 13.2 Å². The van der Waals surface area contributed by atoms with Gasteiger partial charge in [-0.15, -0.1) is 0 Å². The Kier molecular flexibility index (Phi) is 5.00. The third-order valence-electron chi connectivity index (χ3n) is 5.21. The second-order valence-electron chi connectivity index (χ2n) is 6.79. The quantitative estimate of drug-likeness (QED) is 0.840. The zero-order chi connectivity index (χ0) is 14.9. The van der Waals surface area contributed by atoms with E-state index in [1.807, 2.05) is 7.05 Å². The average Bonchev–Trinajstić information content (AvgIpc) is 2.37. The van der Waals surface area contributed by atoms with E-state index in [1.54, 1.807) is 0 Å². The third kappa shape index (κ3) is 3.48. The van der Waals surface area contributed by atoms with Gasteiger partial charge in [-0.3, -0.25) is 4.90 Å². The molecule has 1 aliphatic carbocycles. The zero-order valence-corrected chi connectivity index (χ0v) is 12.7. The summed E-state index contributed by atoms with van der Waals surface area (Å²) in [6, 6.07) is 0.807. The van der Waals surface area contributed by atoms with Crippen LogP contribution in [0.2, 0.25) is 0 Å². The molecule has 0 radical (unpaired) electrons. The van der Waals surface area contributed by atoms with E-state index in [9.17, 15) is 13.2 Å². The van der Waals surface area contributed by atoms with E-state index in [1.165, 1.54) is 6.42 Å². The molecule has 5 heteroatoms. The van der Waals surface area contributed by atoms with Gasteiger partial charge in [0.05, 0.1) is 5.92 Å². The molecule has 1 heterocycles. The van der Waals surface area contributed by atoms with Crippen LogP contribution in [0.15, 0.2) is 0 Å². The van der Waals surface area contributed by atoms with Crippen molar-refractivity contribution in [1.82, 2.24) is 10.2 Å². The van der Waals surface area contributed by atoms with Crippen LogP contribution in [0.1, 0.15) is 39.5 Å². The van der Waals surface area contributed by atoms with E-state index in [2.05, 4.69) is 24.1 Å². The fourth-order valence-corrected chi connectivity index (χ4v) is 4.27. The number of hydrogen-bond donors (Lipinski definition) is 1. The molecule has 2 aliphatic rings. The van der Waals surface area contributed by atoms with Crippen molar-refractivity contribution >= 4 is 0 Å². The Morgan fingerprint density at radius 1 is 1.05 bits per heavy atom. The van der Waals surface area contributed by atoms with Gasteiger partial charge in [0.2, 0.25) is 0 Å². The molecule has 1 saturated carbocycles. The summed E-state index contributed by atoms with van der Waals surface area (Å²) in [4.78, 5) is 2.31. The van der Waals surface area contributed by atoms with Gasteiger partial charge in [0.25, 0.3) is 0 Å². The molecular formula is C15H27F3N2. The van der Waals surface area contributed by atoms with Gasteiger partial charge in [0.1, 0.15) is 0 Å². The lowest BCUT2D eigenvalue weighted by atomic mass is 9.75. The molecule has 0 bridgehead atoms. The van der Waals surface area contributed by atoms with Gasteiger partial charge in [-0.25, -0.2) is 0 Å². The maximum Gasteiger partial charge on any atom is 0.391 e. The molecule has 0 amide bonds. The van der Waals surface area contributed by atoms with Crippen LogP contribution in [0, 0.1) is 17.8 Å². The minimum Gasteiger partial charge on any atom is -0.315 e. The Bertz CT molecular complexity index is 311. The molecule has 1 N–H and O–H groups in total. The van der Waals surface area contributed by atoms with Crippen molar-refractivity contribution in [3.63, 3.8) is 0 Å². The van der Waals surface area contributed by atoms with Crippen molar-refractivity contribution in [3.8, 4) is 0 Å². The van der Waals surface area contributed by atoms with Gasteiger partial charge in [0.15, 0.2) is 0 Å². The minimum atomic E-state index is -4.01. The Morgan fingerprint density at radius 3 is 2.15 bits per heavy atom. The summed E-state index contributed by atoms with van der Waals surface area (Å²) < 4.78 is 38.3. The standard InChI is InChI=1S/C15H27F3N2/c1-10-8-11(2)14(13(9-10)19-3)20-6-4-12(5-7-20)15(16,17)18/h10-14,19H,4-9H2,1-3H3. The van der Waals surface area contributed by atoms with E-state index in [4.69, 9.17) is 0 Å². The van der Waals surface area contributed by atoms with E-state index < -0.39 is 12.1 Å². The average molecular weight is 292 g/mol. The first-order chi connectivity index (χ1) is 9.32. The van der Waals surface area contributed by atoms with Crippen molar-refractivity contribution in [3.05, 3.63) is 0 Å². The van der Waals surface area contributed by atoms with Crippen LogP contribution in [0.4, 0.5) is 13.2 Å². The van der Waals surface area contributed by atoms with Crippen LogP contribution in [0.5, 0.6) is 0 Å². The molecule has 2 nitrogen and oxygen atoms in total. The summed E-state index contributed by atoms with van der Waals surface area (Å²) in [5.74, 6) is 0.162. The van der Waals surface area contributed by atoms with Crippen molar-refractivity contribution < 1.29 is 13.2 Å². The zero-order valence-electron chi connectivity index (χ0n) is 12.7. The van der Waals surface area contributed by atoms with Gasteiger partial charge in [0, 0.05) is 12.1 Å². The van der Waals surface area contributed by atoms with Crippen LogP contribution in [0.3, 0.4) is 0 Å². The molecule has 20 heavy (non-hydrogen) atoms. The molecular weight excluding hydrogens is 265 g/mol. The summed E-state index contributed by atoms with van der Waals surface area (Å²) in [7, 11) is 1.98. The predicted molar refractivity (Wildman–Crippen MR) is 74.5 cm³/mol. The second kappa shape index (κ2) is 6.22. The Hall–Kier alpha value is -0.290. The number of hydrogen-bond acceptors (Lipinski definition) is 2. The number of rotatable bonds is 2. The summed E-state index contributed by atoms with van der Waals surface area (Å²) in [6.45, 7) is 5.70. The lowest BCUT2D eigenvalue weighted by Crippen LogP contribution is -2.58. The maximum absolute atomic E-state index is 12.8. The molecule has 0 aromatic carbocycles. The van der Waals surface area contributed by atoms with Gasteiger partial charge in [-0.1, -0.05) is 13.8 Å². The highest BCUT2D eigenvalue weighted by Crippen LogP contribution is 2.38. The molecule has 0 spiro atoms. The molecule has 118 valence electrons. The van der Waals surface area contributed by atoms with E-state index in [0.717, 1.165) is 6.42 Å². The molecule has 0 aromatic rings. The third-order valence-corrected chi connectivity index (χ3v) is 5.21. The van der Waals surface area contributed by atoms with Gasteiger partial charge in [-0.05, 0) is 57.7 Å². The normalized spacial score (nSPS) is 38.1. The first-order valence-corrected chi connectivity index (χ1v) is 7.81. The fraction of sp³-hybridized carbons (Fsp3) is 1.00. The summed E-state index contributed by atoms with van der Waals surface area (Å²) in [5, 5.41) is 3.39. The number of likely N-dealkylation sites (N-methyl/N-ethyl adjacent to an activating group) is 1. The predicted octanol–water partition coefficient (Wildman–Crippen LogP) is 3.28. The molecule has 1 saturated heterocycles. The Balaban J connectivity index is 1.98. The highest BCUT2D eigenvalue weighted by atomic mass is 19.4. The molecule has 4 atom stereocenters. The lowest BCUT2D eigenvalue weighted by molar-refractivity contribution is -0.187. The molecule has 2 fully saturated rings. The Labute approximate surface area is 120 Å². The summed E-state index contributed by atoms with van der Waals surface area (Å²) in [5.41, 5.74) is 0. The van der Waals surface area contributed by atoms with E-state index in [0.29, 0.717) is 37.0 Å². The number of nitrogens with one attached hydrogen (secondary N) is 1. The first kappa shape index (κ1) is 16.1. The monoisotopic (exact) mass is 292 g/mol. The van der Waals surface area contributed by atoms with Crippen molar-refractivity contribution in [2.75, 3.05) is 20.1 Å². The van der Waals surface area contributed by atoms with Crippen molar-refractivity contribution in [2.24, 2.45) is 17.8 Å². The van der Waals surface area contributed by atoms with Crippen LogP contribution in [0.25, 0.3) is 0 Å². The fourth-order valence-electron chi connectivity index (χ4n) is 4.27. The molecule has 4 unspecified atom stereocenters. The van der Waals surface area contributed by atoms with Gasteiger partial charge < -0.3 is 5.32 Å². The topological polar surface area (TPSA) is 15.3 Å². The lowest BCUT2D eigenvalue weighted by Gasteiger charge is -2.48. The summed E-state index contributed by atoms with van der Waals surface area (Å²) in [6.07, 6.45) is -1.18. The number of piperidine rings is 1.